The number of carbonyl (C=O) groups is 3. The Balaban J connectivity index is 1.27. The topological polar surface area (TPSA) is 97.0 Å². The van der Waals surface area contributed by atoms with Crippen molar-refractivity contribution in [1.29, 1.82) is 0 Å². The van der Waals surface area contributed by atoms with Crippen LogP contribution in [0.25, 0.3) is 11.1 Å². The second-order valence-corrected chi connectivity index (χ2v) is 8.65. The summed E-state index contributed by atoms with van der Waals surface area (Å²) in [6.07, 6.45) is 0.759. The van der Waals surface area contributed by atoms with Crippen LogP contribution in [0.15, 0.2) is 72.8 Å². The SMILES string of the molecule is CC1(c2ccc3c(c2)OCCCO3)NC(=O)N(CC(=O)Nc2ccc(-c3ccccc3)cc2)C1=O. The van der Waals surface area contributed by atoms with Crippen molar-refractivity contribution in [3.8, 4) is 22.6 Å². The van der Waals surface area contributed by atoms with E-state index >= 15 is 0 Å². The van der Waals surface area contributed by atoms with E-state index in [-0.39, 0.29) is 0 Å². The lowest BCUT2D eigenvalue weighted by atomic mass is 9.91. The van der Waals surface area contributed by atoms with Gasteiger partial charge in [-0.05, 0) is 47.9 Å². The van der Waals surface area contributed by atoms with E-state index in [1.165, 1.54) is 0 Å². The van der Waals surface area contributed by atoms with Crippen LogP contribution in [0, 0.1) is 0 Å². The lowest BCUT2D eigenvalue weighted by molar-refractivity contribution is -0.133. The van der Waals surface area contributed by atoms with Crippen LogP contribution in [-0.4, -0.2) is 42.5 Å². The van der Waals surface area contributed by atoms with Gasteiger partial charge >= 0.3 is 6.03 Å². The summed E-state index contributed by atoms with van der Waals surface area (Å²) in [5, 5.41) is 5.48. The van der Waals surface area contributed by atoms with Gasteiger partial charge in [0.2, 0.25) is 5.91 Å². The van der Waals surface area contributed by atoms with Crippen molar-refractivity contribution in [3.05, 3.63) is 78.4 Å². The Labute approximate surface area is 202 Å². The number of rotatable bonds is 5. The summed E-state index contributed by atoms with van der Waals surface area (Å²) in [7, 11) is 0. The van der Waals surface area contributed by atoms with Crippen LogP contribution in [0.3, 0.4) is 0 Å². The van der Waals surface area contributed by atoms with Gasteiger partial charge in [0.25, 0.3) is 5.91 Å². The zero-order chi connectivity index (χ0) is 24.4. The highest BCUT2D eigenvalue weighted by molar-refractivity contribution is 6.10. The Morgan fingerprint density at radius 2 is 1.63 bits per heavy atom. The summed E-state index contributed by atoms with van der Waals surface area (Å²) in [6, 6.07) is 21.8. The minimum atomic E-state index is -1.32. The number of ether oxygens (including phenoxy) is 2. The van der Waals surface area contributed by atoms with Crippen LogP contribution in [0.2, 0.25) is 0 Å². The van der Waals surface area contributed by atoms with Crippen LogP contribution < -0.4 is 20.1 Å². The first-order chi connectivity index (χ1) is 16.9. The van der Waals surface area contributed by atoms with Crippen molar-refractivity contribution in [2.45, 2.75) is 18.9 Å². The van der Waals surface area contributed by atoms with Crippen LogP contribution in [-0.2, 0) is 15.1 Å². The van der Waals surface area contributed by atoms with E-state index in [2.05, 4.69) is 10.6 Å². The third kappa shape index (κ3) is 4.42. The molecule has 1 atom stereocenters. The molecule has 1 fully saturated rings. The number of carbonyl (C=O) groups excluding carboxylic acids is 3. The van der Waals surface area contributed by atoms with Gasteiger partial charge < -0.3 is 20.1 Å². The number of amides is 4. The van der Waals surface area contributed by atoms with E-state index < -0.39 is 29.9 Å². The molecule has 0 spiro atoms. The van der Waals surface area contributed by atoms with Crippen LogP contribution >= 0.6 is 0 Å². The third-order valence-corrected chi connectivity index (χ3v) is 6.18. The van der Waals surface area contributed by atoms with Crippen LogP contribution in [0.1, 0.15) is 18.9 Å². The molecule has 2 aliphatic heterocycles. The van der Waals surface area contributed by atoms with Gasteiger partial charge in [0.1, 0.15) is 12.1 Å². The maximum atomic E-state index is 13.3. The molecule has 0 aromatic heterocycles. The summed E-state index contributed by atoms with van der Waals surface area (Å²) in [5.74, 6) is 0.148. The standard InChI is InChI=1S/C27H25N3O5/c1-27(20-10-13-22-23(16-20)35-15-5-14-34-22)25(32)30(26(33)29-27)17-24(31)28-21-11-8-19(9-12-21)18-6-3-2-4-7-18/h2-4,6-13,16H,5,14-15,17H2,1H3,(H,28,31)(H,29,33). The van der Waals surface area contributed by atoms with Gasteiger partial charge in [0.05, 0.1) is 13.2 Å². The first-order valence-corrected chi connectivity index (χ1v) is 11.4. The van der Waals surface area contributed by atoms with Crippen molar-refractivity contribution in [2.75, 3.05) is 25.1 Å². The molecule has 2 N–H and O–H groups in total. The van der Waals surface area contributed by atoms with Crippen molar-refractivity contribution in [1.82, 2.24) is 10.2 Å². The minimum Gasteiger partial charge on any atom is -0.490 e. The highest BCUT2D eigenvalue weighted by Crippen LogP contribution is 2.36. The maximum absolute atomic E-state index is 13.3. The highest BCUT2D eigenvalue weighted by Gasteiger charge is 2.49. The number of hydrogen-bond donors (Lipinski definition) is 2. The third-order valence-electron chi connectivity index (χ3n) is 6.18. The molecule has 1 saturated heterocycles. The average Bonchev–Trinajstić information content (AvgIpc) is 3.03. The predicted molar refractivity (Wildman–Crippen MR) is 130 cm³/mol. The monoisotopic (exact) mass is 471 g/mol. The molecule has 2 aliphatic rings. The molecule has 8 heteroatoms. The van der Waals surface area contributed by atoms with Gasteiger partial charge in [-0.3, -0.25) is 14.5 Å². The number of fused-ring (bicyclic) bond motifs is 1. The first kappa shape index (κ1) is 22.5. The van der Waals surface area contributed by atoms with E-state index in [0.717, 1.165) is 22.4 Å². The highest BCUT2D eigenvalue weighted by atomic mass is 16.5. The molecule has 4 amide bonds. The van der Waals surface area contributed by atoms with Crippen molar-refractivity contribution in [2.24, 2.45) is 0 Å². The Hall–Kier alpha value is -4.33. The minimum absolute atomic E-state index is 0.398. The van der Waals surface area contributed by atoms with E-state index in [4.69, 9.17) is 9.47 Å². The van der Waals surface area contributed by atoms with Crippen molar-refractivity contribution < 1.29 is 23.9 Å². The normalized spacial score (nSPS) is 19.2. The van der Waals surface area contributed by atoms with Crippen LogP contribution in [0.5, 0.6) is 11.5 Å². The molecular formula is C27H25N3O5. The van der Waals surface area contributed by atoms with Crippen LogP contribution in [0.4, 0.5) is 10.5 Å². The second-order valence-electron chi connectivity index (χ2n) is 8.65. The Morgan fingerprint density at radius 1 is 0.943 bits per heavy atom. The lowest BCUT2D eigenvalue weighted by Crippen LogP contribution is -2.42. The quantitative estimate of drug-likeness (QED) is 0.550. The predicted octanol–water partition coefficient (Wildman–Crippen LogP) is 3.92. The fourth-order valence-electron chi connectivity index (χ4n) is 4.23. The number of nitrogens with one attached hydrogen (secondary N) is 2. The fraction of sp³-hybridized carbons (Fsp3) is 0.222. The fourth-order valence-corrected chi connectivity index (χ4v) is 4.23. The molecule has 3 aromatic rings. The maximum Gasteiger partial charge on any atom is 0.325 e. The molecule has 8 nitrogen and oxygen atoms in total. The lowest BCUT2D eigenvalue weighted by Gasteiger charge is -2.23. The molecular weight excluding hydrogens is 446 g/mol. The van der Waals surface area contributed by atoms with E-state index in [9.17, 15) is 14.4 Å². The summed E-state index contributed by atoms with van der Waals surface area (Å²) >= 11 is 0. The molecule has 2 heterocycles. The number of imide groups is 1. The summed E-state index contributed by atoms with van der Waals surface area (Å²) in [4.78, 5) is 39.5. The summed E-state index contributed by atoms with van der Waals surface area (Å²) in [6.45, 7) is 2.28. The number of nitrogens with zero attached hydrogens (tertiary/aromatic N) is 1. The number of hydrogen-bond acceptors (Lipinski definition) is 5. The van der Waals surface area contributed by atoms with Gasteiger partial charge in [-0.1, -0.05) is 48.5 Å². The largest absolute Gasteiger partial charge is 0.490 e. The van der Waals surface area contributed by atoms with E-state index in [1.54, 1.807) is 37.3 Å². The van der Waals surface area contributed by atoms with E-state index in [1.807, 2.05) is 42.5 Å². The number of benzene rings is 3. The van der Waals surface area contributed by atoms with E-state index in [0.29, 0.717) is 36.0 Å². The molecule has 0 bridgehead atoms. The molecule has 3 aromatic carbocycles. The first-order valence-electron chi connectivity index (χ1n) is 11.4. The van der Waals surface area contributed by atoms with Gasteiger partial charge in [0.15, 0.2) is 11.5 Å². The zero-order valence-corrected chi connectivity index (χ0v) is 19.2. The van der Waals surface area contributed by atoms with Crippen molar-refractivity contribution >= 4 is 23.5 Å². The second kappa shape index (κ2) is 9.13. The van der Waals surface area contributed by atoms with Gasteiger partial charge in [-0.15, -0.1) is 0 Å². The smallest absolute Gasteiger partial charge is 0.325 e. The molecule has 5 rings (SSSR count). The van der Waals surface area contributed by atoms with Gasteiger partial charge in [-0.2, -0.15) is 0 Å². The zero-order valence-electron chi connectivity index (χ0n) is 19.2. The molecule has 35 heavy (non-hydrogen) atoms. The average molecular weight is 472 g/mol. The molecule has 0 aliphatic carbocycles. The van der Waals surface area contributed by atoms with Crippen molar-refractivity contribution in [3.63, 3.8) is 0 Å². The Morgan fingerprint density at radius 3 is 2.37 bits per heavy atom. The molecule has 0 radical (unpaired) electrons. The summed E-state index contributed by atoms with van der Waals surface area (Å²) < 4.78 is 11.4. The van der Waals surface area contributed by atoms with Gasteiger partial charge in [0, 0.05) is 12.1 Å². The molecule has 1 unspecified atom stereocenters. The Bertz CT molecular complexity index is 1280. The summed E-state index contributed by atoms with van der Waals surface area (Å²) in [5.41, 5.74) is 1.90. The number of anilines is 1. The molecule has 178 valence electrons. The Kier molecular flexibility index (Phi) is 5.86. The number of urea groups is 1. The molecule has 0 saturated carbocycles. The van der Waals surface area contributed by atoms with Gasteiger partial charge in [-0.25, -0.2) is 4.79 Å².